The van der Waals surface area contributed by atoms with Crippen LogP contribution in [0.4, 0.5) is 21.0 Å². The summed E-state index contributed by atoms with van der Waals surface area (Å²) in [7, 11) is 1.57. The Kier molecular flexibility index (Phi) is 11.5. The van der Waals surface area contributed by atoms with Gasteiger partial charge in [0.05, 0.1) is 34.0 Å². The number of fused-ring (bicyclic) bond motifs is 1. The van der Waals surface area contributed by atoms with Crippen molar-refractivity contribution in [3.05, 3.63) is 90.5 Å². The van der Waals surface area contributed by atoms with Crippen molar-refractivity contribution < 1.29 is 53.5 Å². The third-order valence-corrected chi connectivity index (χ3v) is 12.2. The summed E-state index contributed by atoms with van der Waals surface area (Å²) in [6.07, 6.45) is -1.93. The molecule has 6 rings (SSSR count). The zero-order valence-electron chi connectivity index (χ0n) is 30.6. The molecule has 3 fully saturated rings. The molecular weight excluding hydrogens is 756 g/mol. The standard InChI is InChI=1S/C36H40N6O13S/c1-19-29-28(20(2)43)33(45)40(29)30(34(46)47)31(19)56-26-14-27(39(16-26)36(49)55-18-22-6-10-24(11-7-22)42(52)53)32(44)37(3)25-12-13-38(15-25)35(48)54-17-21-4-8-23(9-5-21)41(50)51/h4-11,19-20,25-29,43H,12-18H2,1-3H3,(H,46,47)/t19-,20-,25+,26+,27+,28-,29-/m1/s1. The predicted octanol–water partition coefficient (Wildman–Crippen LogP) is 3.34. The van der Waals surface area contributed by atoms with Gasteiger partial charge in [0.2, 0.25) is 11.8 Å². The van der Waals surface area contributed by atoms with E-state index in [1.807, 2.05) is 0 Å². The van der Waals surface area contributed by atoms with Gasteiger partial charge in [0.1, 0.15) is 25.0 Å². The third kappa shape index (κ3) is 7.83. The Balaban J connectivity index is 1.15. The number of carbonyl (C=O) groups excluding carboxylic acids is 4. The number of nitro groups is 2. The molecule has 2 aromatic rings. The number of nitrogens with zero attached hydrogens (tertiary/aromatic N) is 6. The SMILES string of the molecule is C[C@@H](O)[C@H]1C(=O)N2C(C(=O)O)=C(S[C@H]3C[C@@H](C(=O)N(C)[C@H]4CCN(C(=O)OCc5ccc([N+](=O)[O-])cc5)C4)N(C(=O)OCc4ccc([N+](=O)[O-])cc4)C3)[C@H](C)[C@H]12. The van der Waals surface area contributed by atoms with Crippen molar-refractivity contribution in [1.82, 2.24) is 19.6 Å². The van der Waals surface area contributed by atoms with Crippen LogP contribution in [0.2, 0.25) is 0 Å². The number of aliphatic hydroxyl groups is 1. The number of nitro benzene ring substituents is 2. The maximum absolute atomic E-state index is 14.2. The lowest BCUT2D eigenvalue weighted by Crippen LogP contribution is -2.63. The Labute approximate surface area is 324 Å². The van der Waals surface area contributed by atoms with E-state index < -0.39 is 81.1 Å². The van der Waals surface area contributed by atoms with Crippen LogP contribution in [0.5, 0.6) is 0 Å². The first-order valence-electron chi connectivity index (χ1n) is 17.8. The van der Waals surface area contributed by atoms with Crippen molar-refractivity contribution in [1.29, 1.82) is 0 Å². The van der Waals surface area contributed by atoms with E-state index in [4.69, 9.17) is 9.47 Å². The summed E-state index contributed by atoms with van der Waals surface area (Å²) < 4.78 is 11.0. The van der Waals surface area contributed by atoms with E-state index in [0.717, 1.165) is 0 Å². The van der Waals surface area contributed by atoms with Crippen LogP contribution in [0.25, 0.3) is 0 Å². The second-order valence-electron chi connectivity index (χ2n) is 14.2. The second kappa shape index (κ2) is 16.1. The molecular formula is C36H40N6O13S. The number of carboxylic acids is 1. The van der Waals surface area contributed by atoms with Gasteiger partial charge < -0.3 is 34.4 Å². The Morgan fingerprint density at radius 3 is 2.02 bits per heavy atom. The first-order valence-corrected chi connectivity index (χ1v) is 18.7. The molecule has 0 saturated carbocycles. The number of rotatable bonds is 12. The highest BCUT2D eigenvalue weighted by Crippen LogP contribution is 2.52. The van der Waals surface area contributed by atoms with Gasteiger partial charge in [-0.1, -0.05) is 6.92 Å². The summed E-state index contributed by atoms with van der Waals surface area (Å²) in [6.45, 7) is 3.31. The van der Waals surface area contributed by atoms with Gasteiger partial charge in [-0.25, -0.2) is 14.4 Å². The highest BCUT2D eigenvalue weighted by molar-refractivity contribution is 8.03. The summed E-state index contributed by atoms with van der Waals surface area (Å²) in [4.78, 5) is 92.8. The van der Waals surface area contributed by atoms with E-state index in [1.165, 1.54) is 86.8 Å². The minimum Gasteiger partial charge on any atom is -0.477 e. The molecule has 0 aliphatic carbocycles. The van der Waals surface area contributed by atoms with E-state index in [0.29, 0.717) is 22.5 Å². The molecule has 0 spiro atoms. The highest BCUT2D eigenvalue weighted by atomic mass is 32.2. The molecule has 20 heteroatoms. The lowest BCUT2D eigenvalue weighted by molar-refractivity contribution is -0.385. The number of benzene rings is 2. The number of likely N-dealkylation sites (N-methyl/N-ethyl adjacent to an activating group) is 1. The van der Waals surface area contributed by atoms with Gasteiger partial charge in [0.25, 0.3) is 11.4 Å². The fourth-order valence-corrected chi connectivity index (χ4v) is 9.23. The Hall–Kier alpha value is -5.76. The Bertz CT molecular complexity index is 1960. The number of non-ortho nitro benzene ring substituents is 2. The number of amides is 4. The van der Waals surface area contributed by atoms with Crippen LogP contribution < -0.4 is 0 Å². The predicted molar refractivity (Wildman–Crippen MR) is 195 cm³/mol. The summed E-state index contributed by atoms with van der Waals surface area (Å²) in [5.74, 6) is -3.43. The largest absolute Gasteiger partial charge is 0.477 e. The number of aliphatic hydroxyl groups excluding tert-OH is 1. The zero-order valence-corrected chi connectivity index (χ0v) is 31.4. The summed E-state index contributed by atoms with van der Waals surface area (Å²) >= 11 is 1.17. The molecule has 2 N–H and O–H groups in total. The minimum atomic E-state index is -1.30. The fraction of sp³-hybridized carbons (Fsp3) is 0.472. The number of carboxylic acid groups (broad SMARTS) is 1. The lowest BCUT2D eigenvalue weighted by Gasteiger charge is -2.46. The smallest absolute Gasteiger partial charge is 0.410 e. The summed E-state index contributed by atoms with van der Waals surface area (Å²) in [6, 6.07) is 8.99. The zero-order chi connectivity index (χ0) is 40.6. The number of hydrogen-bond acceptors (Lipinski definition) is 13. The van der Waals surface area contributed by atoms with Crippen molar-refractivity contribution in [2.45, 2.75) is 69.4 Å². The first-order chi connectivity index (χ1) is 26.6. The van der Waals surface area contributed by atoms with Crippen molar-refractivity contribution in [2.24, 2.45) is 11.8 Å². The van der Waals surface area contributed by atoms with Crippen LogP contribution in [0.3, 0.4) is 0 Å². The van der Waals surface area contributed by atoms with E-state index >= 15 is 0 Å². The molecule has 4 amide bonds. The van der Waals surface area contributed by atoms with Gasteiger partial charge in [-0.15, -0.1) is 11.8 Å². The van der Waals surface area contributed by atoms with Gasteiger partial charge in [-0.2, -0.15) is 0 Å². The average molecular weight is 797 g/mol. The van der Waals surface area contributed by atoms with Crippen molar-refractivity contribution in [2.75, 3.05) is 26.7 Å². The van der Waals surface area contributed by atoms with Crippen LogP contribution in [-0.4, -0.2) is 126 Å². The quantitative estimate of drug-likeness (QED) is 0.178. The van der Waals surface area contributed by atoms with Crippen LogP contribution in [0, 0.1) is 32.1 Å². The van der Waals surface area contributed by atoms with Crippen molar-refractivity contribution in [3.8, 4) is 0 Å². The van der Waals surface area contributed by atoms with Crippen LogP contribution in [0.15, 0.2) is 59.1 Å². The molecule has 2 aromatic carbocycles. The molecule has 7 atom stereocenters. The number of β-lactam (4-membered cyclic amide) rings is 1. The number of carbonyl (C=O) groups is 5. The molecule has 0 bridgehead atoms. The van der Waals surface area contributed by atoms with Gasteiger partial charge in [0.15, 0.2) is 0 Å². The molecule has 4 aliphatic rings. The molecule has 4 aliphatic heterocycles. The maximum Gasteiger partial charge on any atom is 0.410 e. The van der Waals surface area contributed by atoms with Gasteiger partial charge in [-0.05, 0) is 55.2 Å². The van der Waals surface area contributed by atoms with Gasteiger partial charge in [-0.3, -0.25) is 34.7 Å². The number of thioether (sulfide) groups is 1. The average Bonchev–Trinajstić information content (AvgIpc) is 3.89. The Morgan fingerprint density at radius 1 is 0.946 bits per heavy atom. The molecule has 0 radical (unpaired) electrons. The van der Waals surface area contributed by atoms with Crippen molar-refractivity contribution in [3.63, 3.8) is 0 Å². The van der Waals surface area contributed by atoms with E-state index in [-0.39, 0.29) is 56.3 Å². The van der Waals surface area contributed by atoms with Crippen LogP contribution in [-0.2, 0) is 37.1 Å². The molecule has 0 unspecified atom stereocenters. The van der Waals surface area contributed by atoms with E-state index in [1.54, 1.807) is 14.0 Å². The second-order valence-corrected chi connectivity index (χ2v) is 15.6. The molecule has 19 nitrogen and oxygen atoms in total. The lowest BCUT2D eigenvalue weighted by atomic mass is 9.79. The third-order valence-electron chi connectivity index (χ3n) is 10.7. The summed E-state index contributed by atoms with van der Waals surface area (Å²) in [5.41, 5.74) is 0.608. The van der Waals surface area contributed by atoms with E-state index in [2.05, 4.69) is 0 Å². The molecule has 3 saturated heterocycles. The van der Waals surface area contributed by atoms with Gasteiger partial charge in [0, 0.05) is 67.0 Å². The maximum atomic E-state index is 14.2. The normalized spacial score (nSPS) is 24.7. The van der Waals surface area contributed by atoms with Crippen molar-refractivity contribution >= 4 is 53.1 Å². The molecule has 56 heavy (non-hydrogen) atoms. The minimum absolute atomic E-state index is 0.0126. The van der Waals surface area contributed by atoms with E-state index in [9.17, 15) is 54.4 Å². The Morgan fingerprint density at radius 2 is 1.50 bits per heavy atom. The van der Waals surface area contributed by atoms with Gasteiger partial charge >= 0.3 is 18.2 Å². The highest BCUT2D eigenvalue weighted by Gasteiger charge is 2.60. The monoisotopic (exact) mass is 796 g/mol. The topological polar surface area (TPSA) is 244 Å². The number of aliphatic carboxylic acids is 1. The summed E-state index contributed by atoms with van der Waals surface area (Å²) in [5, 5.41) is 41.9. The molecule has 4 heterocycles. The van der Waals surface area contributed by atoms with Crippen LogP contribution >= 0.6 is 11.8 Å². The molecule has 0 aromatic heterocycles. The fourth-order valence-electron chi connectivity index (χ4n) is 7.71. The number of hydrogen-bond donors (Lipinski definition) is 2. The number of ether oxygens (including phenoxy) is 2. The molecule has 298 valence electrons. The number of likely N-dealkylation sites (tertiary alicyclic amines) is 2. The van der Waals surface area contributed by atoms with Crippen LogP contribution in [0.1, 0.15) is 37.8 Å². The first kappa shape index (κ1) is 39.9.